The van der Waals surface area contributed by atoms with Crippen molar-refractivity contribution in [3.63, 3.8) is 0 Å². The highest BCUT2D eigenvalue weighted by Crippen LogP contribution is 2.32. The Balaban J connectivity index is 1.75. The summed E-state index contributed by atoms with van der Waals surface area (Å²) in [6, 6.07) is 10.4. The fourth-order valence-electron chi connectivity index (χ4n) is 3.92. The number of nitriles is 1. The summed E-state index contributed by atoms with van der Waals surface area (Å²) in [5, 5.41) is 12.0. The lowest BCUT2D eigenvalue weighted by Crippen LogP contribution is -2.45. The van der Waals surface area contributed by atoms with Crippen molar-refractivity contribution in [2.75, 3.05) is 13.1 Å². The van der Waals surface area contributed by atoms with Gasteiger partial charge in [-0.05, 0) is 49.9 Å². The van der Waals surface area contributed by atoms with Gasteiger partial charge in [-0.15, -0.1) is 0 Å². The van der Waals surface area contributed by atoms with E-state index in [-0.39, 0.29) is 11.8 Å². The van der Waals surface area contributed by atoms with Crippen LogP contribution in [-0.2, 0) is 11.3 Å². The van der Waals surface area contributed by atoms with Crippen LogP contribution in [0.4, 0.5) is 0 Å². The standard InChI is InChI=1S/C19H25N3O/c20-13-15-7-9-16(10-8-15)14-22-12-3-1-2-11-21-19(23)17-5-4-6-18(17)22/h7-10,17-18H,1-6,11-12,14H2,(H,21,23). The fourth-order valence-corrected chi connectivity index (χ4v) is 3.92. The first-order valence-corrected chi connectivity index (χ1v) is 8.79. The minimum atomic E-state index is 0.145. The van der Waals surface area contributed by atoms with Gasteiger partial charge >= 0.3 is 0 Å². The van der Waals surface area contributed by atoms with E-state index in [2.05, 4.69) is 16.3 Å². The number of nitrogens with one attached hydrogen (secondary N) is 1. The zero-order chi connectivity index (χ0) is 16.1. The summed E-state index contributed by atoms with van der Waals surface area (Å²) in [5.74, 6) is 0.394. The lowest BCUT2D eigenvalue weighted by Gasteiger charge is -2.33. The number of hydrogen-bond acceptors (Lipinski definition) is 3. The molecule has 1 saturated carbocycles. The fraction of sp³-hybridized carbons (Fsp3) is 0.579. The summed E-state index contributed by atoms with van der Waals surface area (Å²) in [7, 11) is 0. The van der Waals surface area contributed by atoms with Crippen molar-refractivity contribution in [2.45, 2.75) is 51.1 Å². The first kappa shape index (κ1) is 16.0. The predicted octanol–water partition coefficient (Wildman–Crippen LogP) is 2.83. The quantitative estimate of drug-likeness (QED) is 0.913. The largest absolute Gasteiger partial charge is 0.356 e. The molecule has 1 aliphatic heterocycles. The van der Waals surface area contributed by atoms with E-state index in [0.29, 0.717) is 11.6 Å². The van der Waals surface area contributed by atoms with Crippen molar-refractivity contribution in [1.29, 1.82) is 5.26 Å². The van der Waals surface area contributed by atoms with Gasteiger partial charge in [-0.2, -0.15) is 5.26 Å². The molecule has 2 fully saturated rings. The number of hydrogen-bond donors (Lipinski definition) is 1. The number of carbonyl (C=O) groups excluding carboxylic acids is 1. The highest BCUT2D eigenvalue weighted by Gasteiger charge is 2.36. The van der Waals surface area contributed by atoms with Crippen molar-refractivity contribution >= 4 is 5.91 Å². The molecule has 23 heavy (non-hydrogen) atoms. The molecule has 1 aromatic rings. The van der Waals surface area contributed by atoms with E-state index in [9.17, 15) is 4.79 Å². The maximum absolute atomic E-state index is 12.4. The molecule has 4 heteroatoms. The van der Waals surface area contributed by atoms with Crippen LogP contribution in [0.5, 0.6) is 0 Å². The number of amides is 1. The van der Waals surface area contributed by atoms with Gasteiger partial charge in [0.05, 0.1) is 17.6 Å². The number of benzene rings is 1. The Kier molecular flexibility index (Phi) is 5.30. The molecule has 3 rings (SSSR count). The summed E-state index contributed by atoms with van der Waals surface area (Å²) in [6.45, 7) is 2.77. The van der Waals surface area contributed by atoms with Crippen molar-refractivity contribution < 1.29 is 4.79 Å². The molecule has 0 radical (unpaired) electrons. The van der Waals surface area contributed by atoms with Crippen molar-refractivity contribution in [3.05, 3.63) is 35.4 Å². The Bertz CT molecular complexity index is 575. The smallest absolute Gasteiger partial charge is 0.224 e. The third kappa shape index (κ3) is 3.92. The SMILES string of the molecule is N#Cc1ccc(CN2CCCCCNC(=O)C3CCCC32)cc1. The predicted molar refractivity (Wildman–Crippen MR) is 89.6 cm³/mol. The molecule has 1 heterocycles. The topological polar surface area (TPSA) is 56.1 Å². The third-order valence-corrected chi connectivity index (χ3v) is 5.18. The molecule has 0 aromatic heterocycles. The average molecular weight is 311 g/mol. The first-order valence-electron chi connectivity index (χ1n) is 8.79. The lowest BCUT2D eigenvalue weighted by molar-refractivity contribution is -0.126. The van der Waals surface area contributed by atoms with Crippen molar-refractivity contribution in [1.82, 2.24) is 10.2 Å². The average Bonchev–Trinajstić information content (AvgIpc) is 3.06. The van der Waals surface area contributed by atoms with Gasteiger partial charge in [0.25, 0.3) is 0 Å². The van der Waals surface area contributed by atoms with Crippen LogP contribution < -0.4 is 5.32 Å². The summed E-state index contributed by atoms with van der Waals surface area (Å²) >= 11 is 0. The van der Waals surface area contributed by atoms with E-state index in [0.717, 1.165) is 45.3 Å². The van der Waals surface area contributed by atoms with Gasteiger partial charge in [0.2, 0.25) is 5.91 Å². The number of rotatable bonds is 2. The summed E-state index contributed by atoms with van der Waals surface area (Å²) < 4.78 is 0. The van der Waals surface area contributed by atoms with Gasteiger partial charge in [-0.1, -0.05) is 25.0 Å². The van der Waals surface area contributed by atoms with E-state index in [1.807, 2.05) is 24.3 Å². The number of fused-ring (bicyclic) bond motifs is 1. The van der Waals surface area contributed by atoms with Crippen LogP contribution in [0.15, 0.2) is 24.3 Å². The Hall–Kier alpha value is -1.86. The molecule has 1 saturated heterocycles. The molecule has 1 aliphatic carbocycles. The van der Waals surface area contributed by atoms with Gasteiger partial charge in [-0.25, -0.2) is 0 Å². The van der Waals surface area contributed by atoms with E-state index in [1.165, 1.54) is 18.4 Å². The molecule has 1 amide bonds. The van der Waals surface area contributed by atoms with Crippen LogP contribution in [0.1, 0.15) is 49.7 Å². The second-order valence-electron chi connectivity index (χ2n) is 6.74. The molecule has 4 nitrogen and oxygen atoms in total. The van der Waals surface area contributed by atoms with Gasteiger partial charge < -0.3 is 5.32 Å². The zero-order valence-corrected chi connectivity index (χ0v) is 13.6. The van der Waals surface area contributed by atoms with Crippen LogP contribution in [0.2, 0.25) is 0 Å². The molecule has 1 aromatic carbocycles. The summed E-state index contributed by atoms with van der Waals surface area (Å²) in [4.78, 5) is 14.9. The molecule has 2 atom stereocenters. The molecule has 1 N–H and O–H groups in total. The van der Waals surface area contributed by atoms with E-state index in [1.54, 1.807) is 0 Å². The molecular formula is C19H25N3O. The Morgan fingerprint density at radius 2 is 1.96 bits per heavy atom. The molecule has 0 bridgehead atoms. The van der Waals surface area contributed by atoms with Gasteiger partial charge in [0, 0.05) is 19.1 Å². The van der Waals surface area contributed by atoms with Crippen LogP contribution in [0.25, 0.3) is 0 Å². The Morgan fingerprint density at radius 3 is 2.74 bits per heavy atom. The molecule has 2 aliphatic rings. The third-order valence-electron chi connectivity index (χ3n) is 5.18. The Morgan fingerprint density at radius 1 is 1.13 bits per heavy atom. The van der Waals surface area contributed by atoms with Crippen LogP contribution >= 0.6 is 0 Å². The monoisotopic (exact) mass is 311 g/mol. The summed E-state index contributed by atoms with van der Waals surface area (Å²) in [5.41, 5.74) is 1.93. The highest BCUT2D eigenvalue weighted by molar-refractivity contribution is 5.79. The minimum absolute atomic E-state index is 0.145. The second kappa shape index (κ2) is 7.61. The minimum Gasteiger partial charge on any atom is -0.356 e. The van der Waals surface area contributed by atoms with E-state index in [4.69, 9.17) is 5.26 Å². The van der Waals surface area contributed by atoms with Gasteiger partial charge in [0.15, 0.2) is 0 Å². The molecule has 2 unspecified atom stereocenters. The van der Waals surface area contributed by atoms with Gasteiger partial charge in [-0.3, -0.25) is 9.69 Å². The maximum Gasteiger partial charge on any atom is 0.224 e. The number of nitrogens with zero attached hydrogens (tertiary/aromatic N) is 2. The first-order chi connectivity index (χ1) is 11.3. The van der Waals surface area contributed by atoms with Crippen molar-refractivity contribution in [2.24, 2.45) is 5.92 Å². The molecule has 122 valence electrons. The summed E-state index contributed by atoms with van der Waals surface area (Å²) in [6.07, 6.45) is 6.71. The highest BCUT2D eigenvalue weighted by atomic mass is 16.1. The lowest BCUT2D eigenvalue weighted by atomic mass is 9.98. The van der Waals surface area contributed by atoms with E-state index < -0.39 is 0 Å². The van der Waals surface area contributed by atoms with Crippen LogP contribution in [0, 0.1) is 17.2 Å². The van der Waals surface area contributed by atoms with Gasteiger partial charge in [0.1, 0.15) is 0 Å². The zero-order valence-electron chi connectivity index (χ0n) is 13.6. The van der Waals surface area contributed by atoms with E-state index >= 15 is 0 Å². The molecular weight excluding hydrogens is 286 g/mol. The second-order valence-corrected chi connectivity index (χ2v) is 6.74. The van der Waals surface area contributed by atoms with Crippen LogP contribution in [0.3, 0.4) is 0 Å². The normalized spacial score (nSPS) is 26.1. The maximum atomic E-state index is 12.4. The molecule has 0 spiro atoms. The van der Waals surface area contributed by atoms with Crippen LogP contribution in [-0.4, -0.2) is 29.9 Å². The van der Waals surface area contributed by atoms with Crippen molar-refractivity contribution in [3.8, 4) is 6.07 Å². The Labute approximate surface area is 138 Å². The number of carbonyl (C=O) groups is 1.